The van der Waals surface area contributed by atoms with Crippen molar-refractivity contribution >= 4 is 28.3 Å². The molecule has 2 rings (SSSR count). The molecule has 2 N–H and O–H groups in total. The van der Waals surface area contributed by atoms with Gasteiger partial charge in [0, 0.05) is 6.07 Å². The van der Waals surface area contributed by atoms with Gasteiger partial charge in [0.15, 0.2) is 0 Å². The van der Waals surface area contributed by atoms with Crippen LogP contribution in [0.1, 0.15) is 15.9 Å². The quantitative estimate of drug-likeness (QED) is 0.751. The van der Waals surface area contributed by atoms with Crippen molar-refractivity contribution in [3.8, 4) is 5.75 Å². The van der Waals surface area contributed by atoms with E-state index in [4.69, 9.17) is 9.84 Å². The fraction of sp³-hybridized carbons (Fsp3) is 0.0667. The lowest BCUT2D eigenvalue weighted by Gasteiger charge is -2.10. The Labute approximate surface area is 142 Å². The van der Waals surface area contributed by atoms with Gasteiger partial charge in [-0.3, -0.25) is 5.32 Å². The van der Waals surface area contributed by atoms with Crippen molar-refractivity contribution < 1.29 is 35.9 Å². The van der Waals surface area contributed by atoms with Crippen LogP contribution in [0.5, 0.6) is 5.75 Å². The molecule has 0 aliphatic carbocycles. The summed E-state index contributed by atoms with van der Waals surface area (Å²) in [6.07, 6.45) is -0.980. The Morgan fingerprint density at radius 3 is 2.40 bits per heavy atom. The lowest BCUT2D eigenvalue weighted by molar-refractivity contribution is 0.0698. The number of anilines is 1. The molecule has 25 heavy (non-hydrogen) atoms. The predicted octanol–water partition coefficient (Wildman–Crippen LogP) is 2.73. The molecule has 0 saturated carbocycles. The molecule has 0 aromatic heterocycles. The molecule has 1 amide bonds. The molecule has 2 aromatic carbocycles. The van der Waals surface area contributed by atoms with Gasteiger partial charge in [-0.25, -0.2) is 9.59 Å². The number of ether oxygens (including phenoxy) is 1. The highest BCUT2D eigenvalue weighted by Crippen LogP contribution is 2.24. The number of benzene rings is 2. The van der Waals surface area contributed by atoms with Crippen molar-refractivity contribution in [2.75, 3.05) is 5.32 Å². The molecule has 0 atom stereocenters. The summed E-state index contributed by atoms with van der Waals surface area (Å²) in [5.41, 5.74) is 0.0312. The average molecular weight is 369 g/mol. The van der Waals surface area contributed by atoms with Crippen LogP contribution < -0.4 is 9.50 Å². The molecule has 132 valence electrons. The summed E-state index contributed by atoms with van der Waals surface area (Å²) < 4.78 is 42.5. The first-order chi connectivity index (χ1) is 11.7. The number of carbonyl (C=O) groups is 2. The molecule has 0 unspecified atom stereocenters. The van der Waals surface area contributed by atoms with Crippen LogP contribution in [0.25, 0.3) is 0 Å². The second-order valence-electron chi connectivity index (χ2n) is 4.68. The highest BCUT2D eigenvalue weighted by atomic mass is 32.3. The summed E-state index contributed by atoms with van der Waals surface area (Å²) in [6, 6.07) is 11.5. The Morgan fingerprint density at radius 1 is 1.12 bits per heavy atom. The van der Waals surface area contributed by atoms with Crippen molar-refractivity contribution in [2.45, 2.75) is 6.61 Å². The van der Waals surface area contributed by atoms with Gasteiger partial charge >= 0.3 is 22.6 Å². The van der Waals surface area contributed by atoms with Gasteiger partial charge in [-0.1, -0.05) is 34.2 Å². The van der Waals surface area contributed by atoms with Crippen LogP contribution in [0.4, 0.5) is 14.4 Å². The van der Waals surface area contributed by atoms with Gasteiger partial charge in [0.05, 0.1) is 11.3 Å². The number of hydrogen-bond donors (Lipinski definition) is 2. The first kappa shape index (κ1) is 18.2. The van der Waals surface area contributed by atoms with Crippen LogP contribution in [0.2, 0.25) is 0 Å². The minimum absolute atomic E-state index is 0.0653. The largest absolute Gasteiger partial charge is 0.488 e. The van der Waals surface area contributed by atoms with E-state index >= 15 is 0 Å². The van der Waals surface area contributed by atoms with Crippen molar-refractivity contribution in [3.05, 3.63) is 59.7 Å². The smallest absolute Gasteiger partial charge is 0.478 e. The lowest BCUT2D eigenvalue weighted by atomic mass is 10.1. The maximum absolute atomic E-state index is 12.6. The van der Waals surface area contributed by atoms with Gasteiger partial charge in [-0.05, 0) is 17.7 Å². The van der Waals surface area contributed by atoms with Crippen molar-refractivity contribution in [3.63, 3.8) is 0 Å². The second-order valence-corrected chi connectivity index (χ2v) is 5.63. The van der Waals surface area contributed by atoms with Crippen LogP contribution in [-0.4, -0.2) is 25.6 Å². The first-order valence-corrected chi connectivity index (χ1v) is 8.04. The zero-order chi connectivity index (χ0) is 18.4. The van der Waals surface area contributed by atoms with E-state index in [0.717, 1.165) is 18.2 Å². The minimum atomic E-state index is -5.29. The van der Waals surface area contributed by atoms with Gasteiger partial charge in [0.2, 0.25) is 0 Å². The van der Waals surface area contributed by atoms with E-state index in [1.807, 2.05) is 0 Å². The topological polar surface area (TPSA) is 119 Å². The monoisotopic (exact) mass is 369 g/mol. The summed E-state index contributed by atoms with van der Waals surface area (Å²) in [4.78, 5) is 23.0. The lowest BCUT2D eigenvalue weighted by Crippen LogP contribution is -2.16. The maximum atomic E-state index is 12.6. The Bertz CT molecular complexity index is 884. The second kappa shape index (κ2) is 7.62. The molecule has 8 nitrogen and oxygen atoms in total. The Balaban J connectivity index is 2.13. The van der Waals surface area contributed by atoms with E-state index in [-0.39, 0.29) is 17.9 Å². The number of hydrogen-bond acceptors (Lipinski definition) is 6. The molecule has 0 spiro atoms. The number of aromatic carboxylic acids is 1. The van der Waals surface area contributed by atoms with E-state index in [2.05, 4.69) is 9.50 Å². The van der Waals surface area contributed by atoms with Crippen molar-refractivity contribution in [1.29, 1.82) is 0 Å². The summed E-state index contributed by atoms with van der Waals surface area (Å²) in [5.74, 6) is -1.90. The highest BCUT2D eigenvalue weighted by molar-refractivity contribution is 7.81. The third-order valence-corrected chi connectivity index (χ3v) is 3.26. The van der Waals surface area contributed by atoms with Crippen LogP contribution in [0.3, 0.4) is 0 Å². The van der Waals surface area contributed by atoms with Crippen LogP contribution >= 0.6 is 0 Å². The van der Waals surface area contributed by atoms with Crippen LogP contribution in [0.15, 0.2) is 48.5 Å². The summed E-state index contributed by atoms with van der Waals surface area (Å²) in [5, 5.41) is 11.2. The third kappa shape index (κ3) is 5.77. The van der Waals surface area contributed by atoms with Gasteiger partial charge in [0.25, 0.3) is 0 Å². The number of nitrogens with one attached hydrogen (secondary N) is 1. The molecule has 0 aliphatic heterocycles. The third-order valence-electron chi connectivity index (χ3n) is 2.87. The Kier molecular flexibility index (Phi) is 5.55. The number of carboxylic acids is 1. The maximum Gasteiger partial charge on any atom is 0.488 e. The molecule has 0 heterocycles. The van der Waals surface area contributed by atoms with Gasteiger partial charge < -0.3 is 14.0 Å². The standard InChI is InChI=1S/C15H12FNO7S/c16-25(21,22)24-11-6-7-12(14(18)19)13(8-11)17-15(20)23-9-10-4-2-1-3-5-10/h1-8H,9H2,(H,17,20)(H,18,19). The summed E-state index contributed by atoms with van der Waals surface area (Å²) >= 11 is 0. The fourth-order valence-corrected chi connectivity index (χ4v) is 2.18. The zero-order valence-electron chi connectivity index (χ0n) is 12.5. The van der Waals surface area contributed by atoms with Gasteiger partial charge in [0.1, 0.15) is 12.4 Å². The fourth-order valence-electron chi connectivity index (χ4n) is 1.85. The Morgan fingerprint density at radius 2 is 1.80 bits per heavy atom. The molecule has 0 bridgehead atoms. The van der Waals surface area contributed by atoms with E-state index in [1.54, 1.807) is 30.3 Å². The normalized spacial score (nSPS) is 10.8. The number of halogens is 1. The van der Waals surface area contributed by atoms with E-state index in [9.17, 15) is 21.9 Å². The average Bonchev–Trinajstić information content (AvgIpc) is 2.52. The molecule has 0 saturated heterocycles. The van der Waals surface area contributed by atoms with Gasteiger partial charge in [-0.2, -0.15) is 8.42 Å². The number of carboxylic acid groups (broad SMARTS) is 1. The van der Waals surface area contributed by atoms with Gasteiger partial charge in [-0.15, -0.1) is 0 Å². The van der Waals surface area contributed by atoms with Crippen molar-refractivity contribution in [2.24, 2.45) is 0 Å². The highest BCUT2D eigenvalue weighted by Gasteiger charge is 2.17. The van der Waals surface area contributed by atoms with E-state index in [1.165, 1.54) is 0 Å². The van der Waals surface area contributed by atoms with Crippen LogP contribution in [0, 0.1) is 0 Å². The summed E-state index contributed by atoms with van der Waals surface area (Å²) in [7, 11) is -5.29. The number of rotatable bonds is 6. The summed E-state index contributed by atoms with van der Waals surface area (Å²) in [6.45, 7) is -0.0653. The molecular weight excluding hydrogens is 357 g/mol. The zero-order valence-corrected chi connectivity index (χ0v) is 13.3. The molecule has 2 aromatic rings. The number of carbonyl (C=O) groups excluding carboxylic acids is 1. The van der Waals surface area contributed by atoms with Crippen molar-refractivity contribution in [1.82, 2.24) is 0 Å². The molecule has 0 fully saturated rings. The molecule has 0 aliphatic rings. The molecule has 10 heteroatoms. The first-order valence-electron chi connectivity index (χ1n) is 6.74. The van der Waals surface area contributed by atoms with E-state index < -0.39 is 28.3 Å². The number of amides is 1. The van der Waals surface area contributed by atoms with Crippen LogP contribution in [-0.2, 0) is 21.8 Å². The Hall–Kier alpha value is -3.14. The minimum Gasteiger partial charge on any atom is -0.478 e. The molecule has 0 radical (unpaired) electrons. The molecular formula is C15H12FNO7S. The van der Waals surface area contributed by atoms with E-state index in [0.29, 0.717) is 5.56 Å². The SMILES string of the molecule is O=C(Nc1cc(OS(=O)(=O)F)ccc1C(=O)O)OCc1ccccc1. The predicted molar refractivity (Wildman–Crippen MR) is 84.3 cm³/mol.